The number of aliphatic hydroxyl groups is 1. The van der Waals surface area contributed by atoms with Gasteiger partial charge < -0.3 is 5.11 Å². The highest BCUT2D eigenvalue weighted by Gasteiger charge is 2.26. The van der Waals surface area contributed by atoms with Gasteiger partial charge in [-0.1, -0.05) is 11.6 Å². The Bertz CT molecular complexity index is 706. The lowest BCUT2D eigenvalue weighted by Crippen LogP contribution is -2.24. The number of nitrogens with zero attached hydrogens (tertiary/aromatic N) is 1. The van der Waals surface area contributed by atoms with Gasteiger partial charge in [0.1, 0.15) is 5.60 Å². The van der Waals surface area contributed by atoms with E-state index in [-0.39, 0.29) is 0 Å². The molecule has 0 saturated heterocycles. The Morgan fingerprint density at radius 2 is 1.83 bits per heavy atom. The van der Waals surface area contributed by atoms with Gasteiger partial charge in [0.2, 0.25) is 10.0 Å². The van der Waals surface area contributed by atoms with Gasteiger partial charge in [0.05, 0.1) is 17.5 Å². The van der Waals surface area contributed by atoms with Crippen LogP contribution < -0.4 is 0 Å². The van der Waals surface area contributed by atoms with Crippen LogP contribution in [-0.4, -0.2) is 23.8 Å². The molecule has 1 N–H and O–H groups in total. The summed E-state index contributed by atoms with van der Waals surface area (Å²) in [6.45, 7) is 5.10. The monoisotopic (exact) mass is 267 g/mol. The summed E-state index contributed by atoms with van der Waals surface area (Å²) in [6, 6.07) is 7.26. The Morgan fingerprint density at radius 3 is 2.33 bits per heavy atom. The van der Waals surface area contributed by atoms with Crippen LogP contribution in [0.4, 0.5) is 0 Å². The molecule has 2 rings (SSSR count). The third kappa shape index (κ3) is 2.15. The fourth-order valence-corrected chi connectivity index (χ4v) is 3.25. The lowest BCUT2D eigenvalue weighted by Gasteiger charge is -2.19. The second-order valence-electron chi connectivity index (χ2n) is 5.18. The summed E-state index contributed by atoms with van der Waals surface area (Å²) in [5, 5.41) is 10.9. The molecular weight excluding hydrogens is 250 g/mol. The second kappa shape index (κ2) is 3.83. The van der Waals surface area contributed by atoms with E-state index in [0.717, 1.165) is 17.2 Å². The predicted molar refractivity (Wildman–Crippen MR) is 72.2 cm³/mol. The lowest BCUT2D eigenvalue weighted by molar-refractivity contribution is 0.0734. The molecular formula is C13H17NO3S. The maximum Gasteiger partial charge on any atom is 0.236 e. The fourth-order valence-electron chi connectivity index (χ4n) is 2.09. The molecule has 0 aliphatic carbocycles. The highest BCUT2D eigenvalue weighted by molar-refractivity contribution is 7.89. The van der Waals surface area contributed by atoms with E-state index in [9.17, 15) is 13.5 Å². The zero-order chi connectivity index (χ0) is 13.7. The lowest BCUT2D eigenvalue weighted by atomic mass is 10.1. The van der Waals surface area contributed by atoms with Gasteiger partial charge in [0.15, 0.2) is 0 Å². The molecule has 0 aliphatic rings. The third-order valence-electron chi connectivity index (χ3n) is 2.87. The standard InChI is InChI=1S/C13H17NO3S/c1-9-5-6-11-10(7-9)8-12(13(2,3)15)14(11)18(4,16)17/h5-8,15H,1-4H3. The number of aryl methyl sites for hydroxylation is 1. The Labute approximate surface area is 107 Å². The second-order valence-corrected chi connectivity index (χ2v) is 7.01. The van der Waals surface area contributed by atoms with E-state index in [1.54, 1.807) is 26.0 Å². The van der Waals surface area contributed by atoms with Crippen molar-refractivity contribution in [2.75, 3.05) is 6.26 Å². The zero-order valence-corrected chi connectivity index (χ0v) is 11.7. The highest BCUT2D eigenvalue weighted by atomic mass is 32.2. The fraction of sp³-hybridized carbons (Fsp3) is 0.385. The summed E-state index contributed by atoms with van der Waals surface area (Å²) in [7, 11) is -3.46. The molecule has 0 fully saturated rings. The molecule has 0 radical (unpaired) electrons. The van der Waals surface area contributed by atoms with E-state index in [1.165, 1.54) is 3.97 Å². The highest BCUT2D eigenvalue weighted by Crippen LogP contribution is 2.29. The topological polar surface area (TPSA) is 59.3 Å². The van der Waals surface area contributed by atoms with Crippen LogP contribution in [0.1, 0.15) is 25.1 Å². The van der Waals surface area contributed by atoms with Crippen LogP contribution >= 0.6 is 0 Å². The molecule has 0 spiro atoms. The van der Waals surface area contributed by atoms with Crippen molar-refractivity contribution in [2.45, 2.75) is 26.4 Å². The number of fused-ring (bicyclic) bond motifs is 1. The van der Waals surface area contributed by atoms with Crippen LogP contribution in [0.15, 0.2) is 24.3 Å². The molecule has 98 valence electrons. The summed E-state index contributed by atoms with van der Waals surface area (Å²) < 4.78 is 25.0. The minimum absolute atomic E-state index is 0.380. The van der Waals surface area contributed by atoms with Crippen LogP contribution in [0.2, 0.25) is 0 Å². The molecule has 0 aliphatic heterocycles. The summed E-state index contributed by atoms with van der Waals surface area (Å²) in [6.07, 6.45) is 1.14. The molecule has 1 heterocycles. The average Bonchev–Trinajstić information content (AvgIpc) is 2.54. The predicted octanol–water partition coefficient (Wildman–Crippen LogP) is 1.98. The third-order valence-corrected chi connectivity index (χ3v) is 3.93. The Balaban J connectivity index is 2.95. The average molecular weight is 267 g/mol. The normalized spacial score (nSPS) is 13.2. The van der Waals surface area contributed by atoms with Crippen LogP contribution in [-0.2, 0) is 15.6 Å². The van der Waals surface area contributed by atoms with Gasteiger partial charge >= 0.3 is 0 Å². The van der Waals surface area contributed by atoms with E-state index in [2.05, 4.69) is 0 Å². The van der Waals surface area contributed by atoms with Gasteiger partial charge in [0.25, 0.3) is 0 Å². The van der Waals surface area contributed by atoms with E-state index in [1.807, 2.05) is 19.1 Å². The van der Waals surface area contributed by atoms with Gasteiger partial charge in [-0.2, -0.15) is 0 Å². The maximum absolute atomic E-state index is 11.9. The van der Waals surface area contributed by atoms with Gasteiger partial charge in [-0.05, 0) is 39.0 Å². The molecule has 0 bridgehead atoms. The molecule has 0 unspecified atom stereocenters. The van der Waals surface area contributed by atoms with Crippen LogP contribution in [0.3, 0.4) is 0 Å². The van der Waals surface area contributed by atoms with Gasteiger partial charge in [-0.3, -0.25) is 0 Å². The van der Waals surface area contributed by atoms with Crippen molar-refractivity contribution in [3.05, 3.63) is 35.5 Å². The summed E-state index contributed by atoms with van der Waals surface area (Å²) in [5.41, 5.74) is 0.817. The van der Waals surface area contributed by atoms with E-state index in [4.69, 9.17) is 0 Å². The Kier molecular flexibility index (Phi) is 2.79. The minimum Gasteiger partial charge on any atom is -0.384 e. The van der Waals surface area contributed by atoms with Gasteiger partial charge in [0, 0.05) is 5.39 Å². The van der Waals surface area contributed by atoms with Crippen molar-refractivity contribution in [2.24, 2.45) is 0 Å². The molecule has 1 aromatic carbocycles. The summed E-state index contributed by atoms with van der Waals surface area (Å²) in [4.78, 5) is 0. The van der Waals surface area contributed by atoms with Crippen LogP contribution in [0.25, 0.3) is 10.9 Å². The summed E-state index contributed by atoms with van der Waals surface area (Å²) >= 11 is 0. The van der Waals surface area contributed by atoms with Crippen molar-refractivity contribution >= 4 is 20.9 Å². The first-order valence-corrected chi connectivity index (χ1v) is 7.51. The van der Waals surface area contributed by atoms with Crippen molar-refractivity contribution in [1.29, 1.82) is 0 Å². The van der Waals surface area contributed by atoms with Crippen LogP contribution in [0.5, 0.6) is 0 Å². The first kappa shape index (κ1) is 13.1. The van der Waals surface area contributed by atoms with E-state index >= 15 is 0 Å². The number of aromatic nitrogens is 1. The first-order valence-electron chi connectivity index (χ1n) is 5.66. The Hall–Kier alpha value is -1.33. The molecule has 0 atom stereocenters. The van der Waals surface area contributed by atoms with Crippen molar-refractivity contribution in [3.8, 4) is 0 Å². The maximum atomic E-state index is 11.9. The largest absolute Gasteiger partial charge is 0.384 e. The molecule has 4 nitrogen and oxygen atoms in total. The van der Waals surface area contributed by atoms with E-state index < -0.39 is 15.6 Å². The van der Waals surface area contributed by atoms with Gasteiger partial charge in [-0.25, -0.2) is 12.4 Å². The van der Waals surface area contributed by atoms with Crippen molar-refractivity contribution in [1.82, 2.24) is 3.97 Å². The zero-order valence-electron chi connectivity index (χ0n) is 10.9. The number of rotatable bonds is 2. The molecule has 0 amide bonds. The summed E-state index contributed by atoms with van der Waals surface area (Å²) in [5.74, 6) is 0. The van der Waals surface area contributed by atoms with E-state index in [0.29, 0.717) is 11.2 Å². The smallest absolute Gasteiger partial charge is 0.236 e. The quantitative estimate of drug-likeness (QED) is 0.905. The minimum atomic E-state index is -3.46. The SMILES string of the molecule is Cc1ccc2c(c1)cc(C(C)(C)O)n2S(C)(=O)=O. The molecule has 2 aromatic rings. The van der Waals surface area contributed by atoms with Crippen molar-refractivity contribution in [3.63, 3.8) is 0 Å². The first-order chi connectivity index (χ1) is 8.10. The van der Waals surface area contributed by atoms with Gasteiger partial charge in [-0.15, -0.1) is 0 Å². The molecule has 1 aromatic heterocycles. The molecule has 0 saturated carbocycles. The molecule has 18 heavy (non-hydrogen) atoms. The number of hydrogen-bond acceptors (Lipinski definition) is 3. The van der Waals surface area contributed by atoms with Crippen LogP contribution in [0, 0.1) is 6.92 Å². The van der Waals surface area contributed by atoms with Crippen molar-refractivity contribution < 1.29 is 13.5 Å². The number of hydrogen-bond donors (Lipinski definition) is 1. The number of benzene rings is 1. The molecule has 5 heteroatoms. The Morgan fingerprint density at radius 1 is 1.22 bits per heavy atom.